The third-order valence-electron chi connectivity index (χ3n) is 4.56. The van der Waals surface area contributed by atoms with Gasteiger partial charge in [0.1, 0.15) is 5.75 Å². The highest BCUT2D eigenvalue weighted by molar-refractivity contribution is 5.67. The second kappa shape index (κ2) is 8.21. The molecule has 3 nitrogen and oxygen atoms in total. The number of carboxylic acids is 1. The molecule has 0 bridgehead atoms. The zero-order chi connectivity index (χ0) is 16.8. The van der Waals surface area contributed by atoms with Crippen molar-refractivity contribution < 1.29 is 14.6 Å². The van der Waals surface area contributed by atoms with E-state index in [4.69, 9.17) is 4.74 Å². The summed E-state index contributed by atoms with van der Waals surface area (Å²) < 4.78 is 5.86. The van der Waals surface area contributed by atoms with Crippen LogP contribution in [-0.2, 0) is 11.2 Å². The molecule has 0 heterocycles. The Morgan fingerprint density at radius 2 is 2.05 bits per heavy atom. The van der Waals surface area contributed by atoms with Gasteiger partial charge in [0.2, 0.25) is 0 Å². The molecular formula is C19H30O3. The molecular weight excluding hydrogens is 276 g/mol. The summed E-state index contributed by atoms with van der Waals surface area (Å²) in [6, 6.07) is 6.23. The molecule has 1 aromatic carbocycles. The van der Waals surface area contributed by atoms with E-state index >= 15 is 0 Å². The van der Waals surface area contributed by atoms with E-state index in [1.807, 2.05) is 6.92 Å². The van der Waals surface area contributed by atoms with Gasteiger partial charge in [0.25, 0.3) is 0 Å². The van der Waals surface area contributed by atoms with Crippen LogP contribution in [0.5, 0.6) is 5.75 Å². The minimum atomic E-state index is -0.734. The molecule has 1 atom stereocenters. The average molecular weight is 306 g/mol. The summed E-state index contributed by atoms with van der Waals surface area (Å²) in [5, 5.41) is 9.19. The Morgan fingerprint density at radius 1 is 1.36 bits per heavy atom. The molecule has 0 saturated heterocycles. The number of benzene rings is 1. The summed E-state index contributed by atoms with van der Waals surface area (Å²) in [6.07, 6.45) is 3.10. The Hall–Kier alpha value is -1.51. The highest BCUT2D eigenvalue weighted by Gasteiger charge is 2.31. The molecule has 0 amide bonds. The predicted molar refractivity (Wildman–Crippen MR) is 90.5 cm³/mol. The van der Waals surface area contributed by atoms with Crippen LogP contribution in [0.15, 0.2) is 18.2 Å². The molecule has 0 aliphatic rings. The minimum Gasteiger partial charge on any atom is -0.493 e. The van der Waals surface area contributed by atoms with Crippen molar-refractivity contribution in [3.63, 3.8) is 0 Å². The second-order valence-corrected chi connectivity index (χ2v) is 6.86. The highest BCUT2D eigenvalue weighted by Crippen LogP contribution is 2.36. The lowest BCUT2D eigenvalue weighted by atomic mass is 9.72. The molecule has 1 aromatic rings. The summed E-state index contributed by atoms with van der Waals surface area (Å²) in [4.78, 5) is 11.2. The normalized spacial score (nSPS) is 13.9. The SMILES string of the molecule is CCCCOc1cc(CC(C)(CC(=O)O)C(C)C)ccc1C. The van der Waals surface area contributed by atoms with E-state index < -0.39 is 5.97 Å². The Balaban J connectivity index is 2.91. The quantitative estimate of drug-likeness (QED) is 0.663. The van der Waals surface area contributed by atoms with Gasteiger partial charge in [-0.05, 0) is 48.3 Å². The van der Waals surface area contributed by atoms with E-state index in [0.717, 1.165) is 42.7 Å². The van der Waals surface area contributed by atoms with Crippen LogP contribution in [-0.4, -0.2) is 17.7 Å². The van der Waals surface area contributed by atoms with Gasteiger partial charge in [0, 0.05) is 0 Å². The Morgan fingerprint density at radius 3 is 2.59 bits per heavy atom. The van der Waals surface area contributed by atoms with Gasteiger partial charge in [-0.15, -0.1) is 0 Å². The number of aliphatic carboxylic acids is 1. The average Bonchev–Trinajstić information content (AvgIpc) is 2.41. The second-order valence-electron chi connectivity index (χ2n) is 6.86. The first-order valence-electron chi connectivity index (χ1n) is 8.22. The van der Waals surface area contributed by atoms with Gasteiger partial charge in [-0.2, -0.15) is 0 Å². The monoisotopic (exact) mass is 306 g/mol. The van der Waals surface area contributed by atoms with Crippen LogP contribution >= 0.6 is 0 Å². The van der Waals surface area contributed by atoms with Crippen LogP contribution in [0.3, 0.4) is 0 Å². The van der Waals surface area contributed by atoms with Crippen molar-refractivity contribution in [1.29, 1.82) is 0 Å². The summed E-state index contributed by atoms with van der Waals surface area (Å²) in [5.74, 6) is 0.490. The number of ether oxygens (including phenoxy) is 1. The number of carbonyl (C=O) groups is 1. The van der Waals surface area contributed by atoms with E-state index in [9.17, 15) is 9.90 Å². The van der Waals surface area contributed by atoms with Crippen molar-refractivity contribution >= 4 is 5.97 Å². The lowest BCUT2D eigenvalue weighted by molar-refractivity contribution is -0.140. The Bertz CT molecular complexity index is 493. The van der Waals surface area contributed by atoms with E-state index in [0.29, 0.717) is 5.92 Å². The molecule has 22 heavy (non-hydrogen) atoms. The van der Waals surface area contributed by atoms with Gasteiger partial charge in [0.15, 0.2) is 0 Å². The van der Waals surface area contributed by atoms with Crippen molar-refractivity contribution in [3.05, 3.63) is 29.3 Å². The highest BCUT2D eigenvalue weighted by atomic mass is 16.5. The van der Waals surface area contributed by atoms with Crippen LogP contribution < -0.4 is 4.74 Å². The van der Waals surface area contributed by atoms with Gasteiger partial charge in [0.05, 0.1) is 13.0 Å². The van der Waals surface area contributed by atoms with E-state index in [2.05, 4.69) is 45.9 Å². The maximum atomic E-state index is 11.2. The summed E-state index contributed by atoms with van der Waals surface area (Å²) in [7, 11) is 0. The predicted octanol–water partition coefficient (Wildman–Crippen LogP) is 4.85. The molecule has 1 unspecified atom stereocenters. The first-order valence-corrected chi connectivity index (χ1v) is 8.22. The molecule has 0 fully saturated rings. The molecule has 0 radical (unpaired) electrons. The van der Waals surface area contributed by atoms with Gasteiger partial charge >= 0.3 is 5.97 Å². The number of carboxylic acid groups (broad SMARTS) is 1. The summed E-state index contributed by atoms with van der Waals surface area (Å²) >= 11 is 0. The number of rotatable bonds is 9. The lowest BCUT2D eigenvalue weighted by Gasteiger charge is -2.32. The summed E-state index contributed by atoms with van der Waals surface area (Å²) in [6.45, 7) is 11.2. The fraction of sp³-hybridized carbons (Fsp3) is 0.632. The lowest BCUT2D eigenvalue weighted by Crippen LogP contribution is -2.29. The zero-order valence-corrected chi connectivity index (χ0v) is 14.6. The van der Waals surface area contributed by atoms with Gasteiger partial charge in [-0.25, -0.2) is 0 Å². The third-order valence-corrected chi connectivity index (χ3v) is 4.56. The van der Waals surface area contributed by atoms with E-state index in [1.54, 1.807) is 0 Å². The van der Waals surface area contributed by atoms with Crippen LogP contribution in [0.25, 0.3) is 0 Å². The molecule has 0 saturated carbocycles. The standard InChI is InChI=1S/C19H30O3/c1-6-7-10-22-17-11-16(9-8-15(17)4)12-19(5,14(2)3)13-18(20)21/h8-9,11,14H,6-7,10,12-13H2,1-5H3,(H,20,21). The first-order chi connectivity index (χ1) is 10.3. The molecule has 3 heteroatoms. The van der Waals surface area contributed by atoms with E-state index in [-0.39, 0.29) is 11.8 Å². The van der Waals surface area contributed by atoms with Crippen molar-refractivity contribution in [2.75, 3.05) is 6.61 Å². The van der Waals surface area contributed by atoms with Gasteiger partial charge < -0.3 is 9.84 Å². The van der Waals surface area contributed by atoms with Crippen molar-refractivity contribution in [2.45, 2.75) is 60.3 Å². The zero-order valence-electron chi connectivity index (χ0n) is 14.6. The van der Waals surface area contributed by atoms with E-state index in [1.165, 1.54) is 0 Å². The number of hydrogen-bond acceptors (Lipinski definition) is 2. The van der Waals surface area contributed by atoms with Crippen molar-refractivity contribution in [2.24, 2.45) is 11.3 Å². The number of aryl methyl sites for hydroxylation is 1. The Kier molecular flexibility index (Phi) is 6.92. The maximum absolute atomic E-state index is 11.2. The summed E-state index contributed by atoms with van der Waals surface area (Å²) in [5.41, 5.74) is 2.03. The van der Waals surface area contributed by atoms with Crippen molar-refractivity contribution in [3.8, 4) is 5.75 Å². The minimum absolute atomic E-state index is 0.185. The maximum Gasteiger partial charge on any atom is 0.303 e. The third kappa shape index (κ3) is 5.36. The topological polar surface area (TPSA) is 46.5 Å². The number of unbranched alkanes of at least 4 members (excludes halogenated alkanes) is 1. The Labute approximate surface area is 134 Å². The molecule has 1 rings (SSSR count). The molecule has 0 aromatic heterocycles. The molecule has 0 spiro atoms. The smallest absolute Gasteiger partial charge is 0.303 e. The van der Waals surface area contributed by atoms with Crippen LogP contribution in [0, 0.1) is 18.3 Å². The molecule has 1 N–H and O–H groups in total. The fourth-order valence-electron chi connectivity index (χ4n) is 2.52. The van der Waals surface area contributed by atoms with Crippen molar-refractivity contribution in [1.82, 2.24) is 0 Å². The number of hydrogen-bond donors (Lipinski definition) is 1. The van der Waals surface area contributed by atoms with Crippen LogP contribution in [0.4, 0.5) is 0 Å². The van der Waals surface area contributed by atoms with Crippen LogP contribution in [0.1, 0.15) is 58.1 Å². The van der Waals surface area contributed by atoms with Gasteiger partial charge in [-0.3, -0.25) is 4.79 Å². The van der Waals surface area contributed by atoms with Gasteiger partial charge in [-0.1, -0.05) is 46.2 Å². The fourth-order valence-corrected chi connectivity index (χ4v) is 2.52. The molecule has 0 aliphatic heterocycles. The first kappa shape index (κ1) is 18.5. The molecule has 124 valence electrons. The van der Waals surface area contributed by atoms with Crippen LogP contribution in [0.2, 0.25) is 0 Å². The largest absolute Gasteiger partial charge is 0.493 e. The molecule has 0 aliphatic carbocycles.